The second kappa shape index (κ2) is 6.10. The third kappa shape index (κ3) is 3.70. The molecule has 4 nitrogen and oxygen atoms in total. The number of nitrogens with one attached hydrogen (secondary N) is 1. The van der Waals surface area contributed by atoms with E-state index in [0.29, 0.717) is 11.7 Å². The molecule has 1 aromatic carbocycles. The molecular formula is C16H18N2O2S. The number of benzene rings is 1. The van der Waals surface area contributed by atoms with Crippen molar-refractivity contribution in [2.45, 2.75) is 24.7 Å². The van der Waals surface area contributed by atoms with Crippen molar-refractivity contribution in [3.8, 4) is 0 Å². The van der Waals surface area contributed by atoms with Gasteiger partial charge in [0.05, 0.1) is 4.90 Å². The van der Waals surface area contributed by atoms with Crippen LogP contribution >= 0.6 is 0 Å². The Bertz CT molecular complexity index is 718. The first kappa shape index (κ1) is 15.3. The van der Waals surface area contributed by atoms with Crippen molar-refractivity contribution in [1.29, 1.82) is 0 Å². The van der Waals surface area contributed by atoms with E-state index in [4.69, 9.17) is 0 Å². The lowest BCUT2D eigenvalue weighted by Gasteiger charge is -2.09. The average molecular weight is 302 g/mol. The van der Waals surface area contributed by atoms with E-state index >= 15 is 0 Å². The molecule has 0 aliphatic rings. The van der Waals surface area contributed by atoms with E-state index in [0.717, 1.165) is 11.1 Å². The summed E-state index contributed by atoms with van der Waals surface area (Å²) < 4.78 is 27.0. The Morgan fingerprint density at radius 2 is 1.81 bits per heavy atom. The first-order chi connectivity index (χ1) is 9.92. The van der Waals surface area contributed by atoms with Gasteiger partial charge in [0.2, 0.25) is 0 Å². The SMILES string of the molecule is C=Cc1ccc(S(=O)(=O)Nc2ccc(C(C)C)cn2)cc1. The van der Waals surface area contributed by atoms with Crippen molar-refractivity contribution < 1.29 is 8.42 Å². The van der Waals surface area contributed by atoms with Gasteiger partial charge in [-0.2, -0.15) is 0 Å². The predicted molar refractivity (Wildman–Crippen MR) is 85.7 cm³/mol. The van der Waals surface area contributed by atoms with E-state index < -0.39 is 10.0 Å². The third-order valence-electron chi connectivity index (χ3n) is 3.12. The van der Waals surface area contributed by atoms with Crippen molar-refractivity contribution in [2.24, 2.45) is 0 Å². The maximum absolute atomic E-state index is 12.2. The highest BCUT2D eigenvalue weighted by Crippen LogP contribution is 2.18. The summed E-state index contributed by atoms with van der Waals surface area (Å²) in [5.74, 6) is 0.668. The molecule has 0 bridgehead atoms. The fourth-order valence-corrected chi connectivity index (χ4v) is 2.80. The molecule has 0 radical (unpaired) electrons. The second-order valence-corrected chi connectivity index (χ2v) is 6.69. The first-order valence-corrected chi connectivity index (χ1v) is 8.12. The highest BCUT2D eigenvalue weighted by atomic mass is 32.2. The quantitative estimate of drug-likeness (QED) is 0.917. The Morgan fingerprint density at radius 3 is 2.29 bits per heavy atom. The van der Waals surface area contributed by atoms with Gasteiger partial charge < -0.3 is 0 Å². The van der Waals surface area contributed by atoms with Crippen molar-refractivity contribution >= 4 is 21.9 Å². The highest BCUT2D eigenvalue weighted by Gasteiger charge is 2.14. The van der Waals surface area contributed by atoms with Crippen LogP contribution in [0.4, 0.5) is 5.82 Å². The molecule has 0 fully saturated rings. The molecular weight excluding hydrogens is 284 g/mol. The third-order valence-corrected chi connectivity index (χ3v) is 4.49. The molecule has 0 aliphatic carbocycles. The van der Waals surface area contributed by atoms with Crippen LogP contribution in [-0.2, 0) is 10.0 Å². The van der Waals surface area contributed by atoms with Crippen LogP contribution in [-0.4, -0.2) is 13.4 Å². The molecule has 2 aromatic rings. The van der Waals surface area contributed by atoms with Crippen molar-refractivity contribution in [1.82, 2.24) is 4.98 Å². The van der Waals surface area contributed by atoms with Crippen LogP contribution in [0.2, 0.25) is 0 Å². The van der Waals surface area contributed by atoms with Crippen molar-refractivity contribution in [3.05, 3.63) is 60.3 Å². The van der Waals surface area contributed by atoms with Crippen molar-refractivity contribution in [3.63, 3.8) is 0 Å². The number of aromatic nitrogens is 1. The molecule has 5 heteroatoms. The Hall–Kier alpha value is -2.14. The highest BCUT2D eigenvalue weighted by molar-refractivity contribution is 7.92. The first-order valence-electron chi connectivity index (χ1n) is 6.63. The largest absolute Gasteiger partial charge is 0.263 e. The zero-order valence-electron chi connectivity index (χ0n) is 12.1. The number of anilines is 1. The number of rotatable bonds is 5. The minimum absolute atomic E-state index is 0.197. The van der Waals surface area contributed by atoms with E-state index in [1.165, 1.54) is 0 Å². The van der Waals surface area contributed by atoms with Gasteiger partial charge in [-0.25, -0.2) is 13.4 Å². The van der Waals surface area contributed by atoms with Crippen molar-refractivity contribution in [2.75, 3.05) is 4.72 Å². The van der Waals surface area contributed by atoms with Gasteiger partial charge >= 0.3 is 0 Å². The molecule has 0 saturated heterocycles. The Morgan fingerprint density at radius 1 is 1.14 bits per heavy atom. The zero-order chi connectivity index (χ0) is 15.5. The fraction of sp³-hybridized carbons (Fsp3) is 0.188. The van der Waals surface area contributed by atoms with Gasteiger partial charge in [-0.15, -0.1) is 0 Å². The van der Waals surface area contributed by atoms with Gasteiger partial charge in [0.15, 0.2) is 0 Å². The topological polar surface area (TPSA) is 59.1 Å². The molecule has 0 spiro atoms. The summed E-state index contributed by atoms with van der Waals surface area (Å²) in [5.41, 5.74) is 1.93. The van der Waals surface area contributed by atoms with Crippen LogP contribution in [0.5, 0.6) is 0 Å². The predicted octanol–water partition coefficient (Wildman–Crippen LogP) is 3.65. The van der Waals surface area contributed by atoms with Crippen LogP contribution in [0.3, 0.4) is 0 Å². The molecule has 1 heterocycles. The molecule has 0 saturated carbocycles. The van der Waals surface area contributed by atoms with Gasteiger partial charge in [-0.3, -0.25) is 4.72 Å². The fourth-order valence-electron chi connectivity index (χ4n) is 1.79. The standard InChI is InChI=1S/C16H18N2O2S/c1-4-13-5-8-15(9-6-13)21(19,20)18-16-10-7-14(11-17-16)12(2)3/h4-12H,1H2,2-3H3,(H,17,18). The minimum atomic E-state index is -3.62. The van der Waals surface area contributed by atoms with Gasteiger partial charge in [0, 0.05) is 6.20 Å². The summed E-state index contributed by atoms with van der Waals surface area (Å²) in [6, 6.07) is 10.0. The zero-order valence-corrected chi connectivity index (χ0v) is 12.9. The maximum atomic E-state index is 12.2. The molecule has 1 N–H and O–H groups in total. The summed E-state index contributed by atoms with van der Waals surface area (Å²) in [4.78, 5) is 4.33. The minimum Gasteiger partial charge on any atom is -0.263 e. The lowest BCUT2D eigenvalue weighted by molar-refractivity contribution is 0.601. The Kier molecular flexibility index (Phi) is 4.43. The van der Waals surface area contributed by atoms with Gasteiger partial charge in [0.25, 0.3) is 10.0 Å². The molecule has 0 unspecified atom stereocenters. The number of nitrogens with zero attached hydrogens (tertiary/aromatic N) is 1. The molecule has 1 aromatic heterocycles. The Balaban J connectivity index is 2.21. The van der Waals surface area contributed by atoms with E-state index in [2.05, 4.69) is 30.1 Å². The average Bonchev–Trinajstić information content (AvgIpc) is 2.47. The summed E-state index contributed by atoms with van der Waals surface area (Å²) in [5, 5.41) is 0. The molecule has 0 amide bonds. The van der Waals surface area contributed by atoms with E-state index in [-0.39, 0.29) is 4.90 Å². The van der Waals surface area contributed by atoms with Crippen LogP contribution < -0.4 is 4.72 Å². The monoisotopic (exact) mass is 302 g/mol. The maximum Gasteiger partial charge on any atom is 0.263 e. The summed E-state index contributed by atoms with van der Waals surface area (Å²) >= 11 is 0. The number of sulfonamides is 1. The van der Waals surface area contributed by atoms with Crippen LogP contribution in [0.15, 0.2) is 54.1 Å². The van der Waals surface area contributed by atoms with Crippen LogP contribution in [0.1, 0.15) is 30.9 Å². The van der Waals surface area contributed by atoms with Gasteiger partial charge in [0.1, 0.15) is 5.82 Å². The summed E-state index contributed by atoms with van der Waals surface area (Å²) in [7, 11) is -3.62. The number of pyridine rings is 1. The smallest absolute Gasteiger partial charge is 0.263 e. The molecule has 21 heavy (non-hydrogen) atoms. The number of hydrogen-bond donors (Lipinski definition) is 1. The van der Waals surface area contributed by atoms with Gasteiger partial charge in [-0.1, -0.05) is 44.7 Å². The normalized spacial score (nSPS) is 11.4. The molecule has 2 rings (SSSR count). The lowest BCUT2D eigenvalue weighted by atomic mass is 10.1. The summed E-state index contributed by atoms with van der Waals surface area (Å²) in [6.07, 6.45) is 3.35. The Labute approximate surface area is 125 Å². The molecule has 0 aliphatic heterocycles. The van der Waals surface area contributed by atoms with E-state index in [1.807, 2.05) is 6.07 Å². The molecule has 0 atom stereocenters. The summed E-state index contributed by atoms with van der Waals surface area (Å²) in [6.45, 7) is 7.75. The van der Waals surface area contributed by atoms with Crippen LogP contribution in [0, 0.1) is 0 Å². The van der Waals surface area contributed by atoms with Gasteiger partial charge in [-0.05, 0) is 35.2 Å². The van der Waals surface area contributed by atoms with Crippen LogP contribution in [0.25, 0.3) is 6.08 Å². The lowest BCUT2D eigenvalue weighted by Crippen LogP contribution is -2.13. The van der Waals surface area contributed by atoms with E-state index in [9.17, 15) is 8.42 Å². The second-order valence-electron chi connectivity index (χ2n) is 5.01. The number of hydrogen-bond acceptors (Lipinski definition) is 3. The molecule has 110 valence electrons. The van der Waals surface area contributed by atoms with E-state index in [1.54, 1.807) is 42.6 Å².